The molecule has 0 radical (unpaired) electrons. The summed E-state index contributed by atoms with van der Waals surface area (Å²) in [6.07, 6.45) is 7.59. The van der Waals surface area contributed by atoms with Crippen LogP contribution in [0, 0.1) is 5.92 Å². The van der Waals surface area contributed by atoms with E-state index in [1.54, 1.807) is 0 Å². The van der Waals surface area contributed by atoms with Crippen molar-refractivity contribution in [3.8, 4) is 11.5 Å². The second kappa shape index (κ2) is 11.4. The van der Waals surface area contributed by atoms with Gasteiger partial charge in [0.15, 0.2) is 5.96 Å². The lowest BCUT2D eigenvalue weighted by atomic mass is 9.81. The molecule has 5 nitrogen and oxygen atoms in total. The fourth-order valence-electron chi connectivity index (χ4n) is 5.47. The third-order valence-corrected chi connectivity index (χ3v) is 7.28. The molecule has 3 aromatic carbocycles. The molecule has 35 heavy (non-hydrogen) atoms. The zero-order valence-corrected chi connectivity index (χ0v) is 20.4. The van der Waals surface area contributed by atoms with Crippen LogP contribution in [-0.2, 0) is 13.1 Å². The summed E-state index contributed by atoms with van der Waals surface area (Å²) >= 11 is 0. The molecule has 5 rings (SSSR count). The lowest BCUT2D eigenvalue weighted by molar-refractivity contribution is 0.164. The average molecular weight is 469 g/mol. The molecule has 1 fully saturated rings. The Bertz CT molecular complexity index is 1110. The molecule has 1 heterocycles. The van der Waals surface area contributed by atoms with Gasteiger partial charge in [-0.15, -0.1) is 0 Å². The van der Waals surface area contributed by atoms with Gasteiger partial charge in [-0.25, -0.2) is 4.99 Å². The van der Waals surface area contributed by atoms with E-state index in [-0.39, 0.29) is 0 Å². The minimum Gasteiger partial charge on any atom is -0.457 e. The van der Waals surface area contributed by atoms with E-state index in [2.05, 4.69) is 46.6 Å². The first-order valence-corrected chi connectivity index (χ1v) is 13.0. The first-order valence-electron chi connectivity index (χ1n) is 13.0. The van der Waals surface area contributed by atoms with Gasteiger partial charge < -0.3 is 20.7 Å². The monoisotopic (exact) mass is 468 g/mol. The average Bonchev–Trinajstić information content (AvgIpc) is 2.90. The van der Waals surface area contributed by atoms with Crippen LogP contribution in [0.5, 0.6) is 11.5 Å². The van der Waals surface area contributed by atoms with Crippen LogP contribution < -0.4 is 15.8 Å². The van der Waals surface area contributed by atoms with Crippen molar-refractivity contribution in [1.82, 2.24) is 10.2 Å². The van der Waals surface area contributed by atoms with E-state index in [1.165, 1.54) is 43.2 Å². The maximum absolute atomic E-state index is 6.58. The highest BCUT2D eigenvalue weighted by Gasteiger charge is 2.32. The van der Waals surface area contributed by atoms with E-state index in [4.69, 9.17) is 15.5 Å². The maximum Gasteiger partial charge on any atom is 0.197 e. The number of nitrogens with two attached hydrogens (primary N) is 1. The predicted octanol–water partition coefficient (Wildman–Crippen LogP) is 6.37. The van der Waals surface area contributed by atoms with Gasteiger partial charge in [0, 0.05) is 24.7 Å². The summed E-state index contributed by atoms with van der Waals surface area (Å²) in [5.74, 6) is 2.98. The molecule has 0 bridgehead atoms. The van der Waals surface area contributed by atoms with Crippen LogP contribution in [-0.4, -0.2) is 23.4 Å². The molecule has 1 aliphatic heterocycles. The number of benzene rings is 3. The summed E-state index contributed by atoms with van der Waals surface area (Å²) in [6, 6.07) is 27.0. The Morgan fingerprint density at radius 3 is 2.43 bits per heavy atom. The van der Waals surface area contributed by atoms with E-state index in [0.717, 1.165) is 43.2 Å². The molecule has 1 saturated carbocycles. The zero-order valence-electron chi connectivity index (χ0n) is 20.4. The fraction of sp³-hybridized carbons (Fsp3) is 0.367. The van der Waals surface area contributed by atoms with Crippen LogP contribution in [0.2, 0.25) is 0 Å². The molecule has 0 saturated heterocycles. The smallest absolute Gasteiger partial charge is 0.197 e. The van der Waals surface area contributed by atoms with Gasteiger partial charge in [-0.1, -0.05) is 67.8 Å². The Labute approximate surface area is 209 Å². The predicted molar refractivity (Wildman–Crippen MR) is 143 cm³/mol. The highest BCUT2D eigenvalue weighted by Crippen LogP contribution is 2.36. The topological polar surface area (TPSA) is 62.9 Å². The Hall–Kier alpha value is -3.31. The van der Waals surface area contributed by atoms with Crippen molar-refractivity contribution in [2.24, 2.45) is 16.6 Å². The van der Waals surface area contributed by atoms with Crippen LogP contribution in [0.15, 0.2) is 83.9 Å². The lowest BCUT2D eigenvalue weighted by Crippen LogP contribution is -2.50. The molecular formula is C30H36N4O. The summed E-state index contributed by atoms with van der Waals surface area (Å²) < 4.78 is 6.10. The van der Waals surface area contributed by atoms with Crippen molar-refractivity contribution < 1.29 is 4.74 Å². The fourth-order valence-corrected chi connectivity index (χ4v) is 5.47. The quantitative estimate of drug-likeness (QED) is 0.358. The Morgan fingerprint density at radius 1 is 0.914 bits per heavy atom. The van der Waals surface area contributed by atoms with Crippen molar-refractivity contribution in [2.45, 2.75) is 57.7 Å². The van der Waals surface area contributed by atoms with Crippen molar-refractivity contribution in [3.05, 3.63) is 90.0 Å². The summed E-state index contributed by atoms with van der Waals surface area (Å²) in [5.41, 5.74) is 10.0. The van der Waals surface area contributed by atoms with Crippen molar-refractivity contribution in [2.75, 3.05) is 6.54 Å². The van der Waals surface area contributed by atoms with Crippen LogP contribution >= 0.6 is 0 Å². The number of fused-ring (bicyclic) bond motifs is 1. The molecule has 2 aliphatic rings. The molecule has 0 spiro atoms. The van der Waals surface area contributed by atoms with Gasteiger partial charge >= 0.3 is 0 Å². The van der Waals surface area contributed by atoms with Crippen molar-refractivity contribution in [1.29, 1.82) is 0 Å². The van der Waals surface area contributed by atoms with E-state index in [0.29, 0.717) is 17.9 Å². The van der Waals surface area contributed by atoms with Crippen molar-refractivity contribution in [3.63, 3.8) is 0 Å². The molecule has 1 aliphatic carbocycles. The zero-order chi connectivity index (χ0) is 23.9. The van der Waals surface area contributed by atoms with Gasteiger partial charge in [0.25, 0.3) is 0 Å². The van der Waals surface area contributed by atoms with E-state index in [9.17, 15) is 0 Å². The van der Waals surface area contributed by atoms with E-state index >= 15 is 0 Å². The number of para-hydroxylation sites is 1. The summed E-state index contributed by atoms with van der Waals surface area (Å²) in [4.78, 5) is 7.17. The van der Waals surface area contributed by atoms with Gasteiger partial charge in [-0.3, -0.25) is 0 Å². The minimum atomic E-state index is 0.383. The van der Waals surface area contributed by atoms with Gasteiger partial charge in [-0.2, -0.15) is 0 Å². The second-order valence-corrected chi connectivity index (χ2v) is 9.72. The molecule has 1 atom stereocenters. The molecule has 3 aromatic rings. The standard InChI is InChI=1S/C30H36N4O/c31-30-33-28-17-16-27(35-26-14-8-3-9-15-26)20-25(28)22-34(30)29(24-12-6-2-7-13-24)18-19-32-21-23-10-4-1-5-11-23/h1,3-5,8-11,14-17,20,24,29,32H,2,6-7,12-13,18-19,21-22H2,(H2,31,33). The van der Waals surface area contributed by atoms with Gasteiger partial charge in [-0.05, 0) is 67.6 Å². The SMILES string of the molecule is NC1=Nc2ccc(Oc3ccccc3)cc2CN1C(CCNCc1ccccc1)C1CCCCC1. The van der Waals surface area contributed by atoms with Gasteiger partial charge in [0.2, 0.25) is 0 Å². The van der Waals surface area contributed by atoms with E-state index in [1.807, 2.05) is 42.5 Å². The first-order chi connectivity index (χ1) is 17.3. The molecule has 0 aromatic heterocycles. The number of aliphatic imine (C=N–C) groups is 1. The molecule has 3 N–H and O–H groups in total. The second-order valence-electron chi connectivity index (χ2n) is 9.72. The number of nitrogens with zero attached hydrogens (tertiary/aromatic N) is 2. The summed E-state index contributed by atoms with van der Waals surface area (Å²) in [6.45, 7) is 2.63. The third kappa shape index (κ3) is 6.04. The van der Waals surface area contributed by atoms with Crippen LogP contribution in [0.4, 0.5) is 5.69 Å². The normalized spacial score (nSPS) is 16.9. The van der Waals surface area contributed by atoms with Crippen LogP contribution in [0.25, 0.3) is 0 Å². The Morgan fingerprint density at radius 2 is 1.66 bits per heavy atom. The highest BCUT2D eigenvalue weighted by molar-refractivity contribution is 5.84. The van der Waals surface area contributed by atoms with Crippen LogP contribution in [0.1, 0.15) is 49.7 Å². The Balaban J connectivity index is 1.29. The lowest BCUT2D eigenvalue weighted by Gasteiger charge is -2.41. The number of hydrogen-bond donors (Lipinski definition) is 2. The number of hydrogen-bond acceptors (Lipinski definition) is 5. The number of rotatable bonds is 9. The van der Waals surface area contributed by atoms with Gasteiger partial charge in [0.05, 0.1) is 5.69 Å². The first kappa shape index (κ1) is 23.4. The summed E-state index contributed by atoms with van der Waals surface area (Å²) in [5, 5.41) is 3.65. The molecule has 0 amide bonds. The molecule has 5 heteroatoms. The molecular weight excluding hydrogens is 432 g/mol. The van der Waals surface area contributed by atoms with Crippen LogP contribution in [0.3, 0.4) is 0 Å². The Kier molecular flexibility index (Phi) is 7.64. The maximum atomic E-state index is 6.58. The number of ether oxygens (including phenoxy) is 1. The summed E-state index contributed by atoms with van der Waals surface area (Å²) in [7, 11) is 0. The van der Waals surface area contributed by atoms with E-state index < -0.39 is 0 Å². The van der Waals surface area contributed by atoms with Crippen molar-refractivity contribution >= 4 is 11.6 Å². The third-order valence-electron chi connectivity index (χ3n) is 7.28. The highest BCUT2D eigenvalue weighted by atomic mass is 16.5. The number of nitrogens with one attached hydrogen (secondary N) is 1. The molecule has 182 valence electrons. The minimum absolute atomic E-state index is 0.383. The largest absolute Gasteiger partial charge is 0.457 e. The van der Waals surface area contributed by atoms with Gasteiger partial charge in [0.1, 0.15) is 11.5 Å². The number of guanidine groups is 1. The molecule has 1 unspecified atom stereocenters.